The Bertz CT molecular complexity index is 972. The van der Waals surface area contributed by atoms with Crippen LogP contribution in [0, 0.1) is 0 Å². The third-order valence-corrected chi connectivity index (χ3v) is 4.78. The number of hydrogen-bond donors (Lipinski definition) is 2. The number of nitrogens with one attached hydrogen (secondary N) is 2. The molecule has 1 heterocycles. The number of amides is 1. The minimum absolute atomic E-state index is 0.0707. The van der Waals surface area contributed by atoms with Crippen LogP contribution in [-0.2, 0) is 0 Å². The second kappa shape index (κ2) is 7.03. The number of hydrogen-bond acceptors (Lipinski definition) is 4. The molecule has 0 aromatic heterocycles. The smallest absolute Gasteiger partial charge is 0.259 e. The van der Waals surface area contributed by atoms with Crippen LogP contribution in [0.25, 0.3) is 0 Å². The van der Waals surface area contributed by atoms with Crippen molar-refractivity contribution in [1.29, 1.82) is 0 Å². The molecule has 2 N–H and O–H groups in total. The van der Waals surface area contributed by atoms with Crippen molar-refractivity contribution in [3.63, 3.8) is 0 Å². The molecule has 0 fully saturated rings. The average molecular weight is 359 g/mol. The van der Waals surface area contributed by atoms with Crippen LogP contribution < -0.4 is 20.3 Å². The van der Waals surface area contributed by atoms with Crippen molar-refractivity contribution in [2.75, 3.05) is 29.7 Å². The van der Waals surface area contributed by atoms with Gasteiger partial charge in [-0.15, -0.1) is 0 Å². The van der Waals surface area contributed by atoms with Gasteiger partial charge in [0.2, 0.25) is 0 Å². The lowest BCUT2D eigenvalue weighted by Gasteiger charge is -2.22. The topological polar surface area (TPSA) is 53.6 Å². The molecule has 0 radical (unpaired) electrons. The maximum Gasteiger partial charge on any atom is 0.259 e. The molecule has 0 spiro atoms. The molecule has 27 heavy (non-hydrogen) atoms. The van der Waals surface area contributed by atoms with Crippen LogP contribution in [0.1, 0.15) is 22.1 Å². The number of rotatable bonds is 4. The minimum atomic E-state index is -0.196. The number of fused-ring (bicyclic) bond motifs is 1. The molecule has 5 heteroatoms. The lowest BCUT2D eigenvalue weighted by molar-refractivity contribution is 0.102. The molecule has 0 saturated carbocycles. The van der Waals surface area contributed by atoms with Gasteiger partial charge in [-0.3, -0.25) is 4.79 Å². The van der Waals surface area contributed by atoms with Gasteiger partial charge in [-0.25, -0.2) is 0 Å². The Hall–Kier alpha value is -3.47. The van der Waals surface area contributed by atoms with E-state index in [-0.39, 0.29) is 12.1 Å². The van der Waals surface area contributed by atoms with E-state index in [1.807, 2.05) is 48.5 Å². The number of para-hydroxylation sites is 1. The van der Waals surface area contributed by atoms with Crippen LogP contribution >= 0.6 is 0 Å². The summed E-state index contributed by atoms with van der Waals surface area (Å²) in [7, 11) is 3.62. The number of carbonyl (C=O) groups is 1. The van der Waals surface area contributed by atoms with Crippen molar-refractivity contribution in [2.45, 2.75) is 6.17 Å². The fourth-order valence-electron chi connectivity index (χ4n) is 3.39. The van der Waals surface area contributed by atoms with E-state index in [1.54, 1.807) is 19.2 Å². The number of ether oxygens (including phenoxy) is 1. The zero-order chi connectivity index (χ0) is 18.8. The van der Waals surface area contributed by atoms with Crippen molar-refractivity contribution in [3.8, 4) is 5.75 Å². The van der Waals surface area contributed by atoms with E-state index in [9.17, 15) is 4.79 Å². The Morgan fingerprint density at radius 3 is 2.56 bits per heavy atom. The van der Waals surface area contributed by atoms with E-state index in [1.165, 1.54) is 5.56 Å². The molecular formula is C22H21N3O2. The number of carbonyl (C=O) groups excluding carboxylic acids is 1. The van der Waals surface area contributed by atoms with Gasteiger partial charge in [-0.2, -0.15) is 0 Å². The van der Waals surface area contributed by atoms with Crippen LogP contribution in [0.15, 0.2) is 72.8 Å². The zero-order valence-electron chi connectivity index (χ0n) is 15.3. The van der Waals surface area contributed by atoms with Crippen LogP contribution in [-0.4, -0.2) is 20.1 Å². The highest BCUT2D eigenvalue weighted by Crippen LogP contribution is 2.41. The van der Waals surface area contributed by atoms with Gasteiger partial charge < -0.3 is 20.3 Å². The van der Waals surface area contributed by atoms with Crippen molar-refractivity contribution in [2.24, 2.45) is 0 Å². The number of anilines is 3. The maximum absolute atomic E-state index is 12.6. The zero-order valence-corrected chi connectivity index (χ0v) is 15.3. The normalized spacial score (nSPS) is 15.0. The average Bonchev–Trinajstić information content (AvgIpc) is 3.04. The number of nitrogens with zero attached hydrogens (tertiary/aromatic N) is 1. The van der Waals surface area contributed by atoms with Crippen molar-refractivity contribution < 1.29 is 9.53 Å². The van der Waals surface area contributed by atoms with Gasteiger partial charge in [0.25, 0.3) is 5.91 Å². The van der Waals surface area contributed by atoms with Crippen molar-refractivity contribution in [1.82, 2.24) is 0 Å². The van der Waals surface area contributed by atoms with Crippen LogP contribution in [0.2, 0.25) is 0 Å². The van der Waals surface area contributed by atoms with Crippen LogP contribution in [0.4, 0.5) is 17.1 Å². The molecule has 4 rings (SSSR count). The Labute approximate surface area is 158 Å². The third kappa shape index (κ3) is 3.19. The molecular weight excluding hydrogens is 338 g/mol. The summed E-state index contributed by atoms with van der Waals surface area (Å²) in [5.41, 5.74) is 4.52. The molecule has 1 amide bonds. The van der Waals surface area contributed by atoms with Crippen molar-refractivity contribution >= 4 is 23.0 Å². The van der Waals surface area contributed by atoms with E-state index >= 15 is 0 Å². The molecule has 1 aliphatic heterocycles. The summed E-state index contributed by atoms with van der Waals surface area (Å²) in [5.74, 6) is 0.358. The van der Waals surface area contributed by atoms with E-state index in [0.717, 1.165) is 17.1 Å². The first-order valence-corrected chi connectivity index (χ1v) is 8.80. The van der Waals surface area contributed by atoms with Gasteiger partial charge in [0.15, 0.2) is 0 Å². The molecule has 0 bridgehead atoms. The summed E-state index contributed by atoms with van der Waals surface area (Å²) >= 11 is 0. The lowest BCUT2D eigenvalue weighted by Crippen LogP contribution is -2.23. The molecule has 1 unspecified atom stereocenters. The van der Waals surface area contributed by atoms with Crippen molar-refractivity contribution in [3.05, 3.63) is 83.9 Å². The summed E-state index contributed by atoms with van der Waals surface area (Å²) < 4.78 is 5.28. The third-order valence-electron chi connectivity index (χ3n) is 4.78. The fourth-order valence-corrected chi connectivity index (χ4v) is 3.39. The summed E-state index contributed by atoms with van der Waals surface area (Å²) in [6, 6.07) is 23.4. The Morgan fingerprint density at radius 2 is 1.78 bits per heavy atom. The van der Waals surface area contributed by atoms with Gasteiger partial charge >= 0.3 is 0 Å². The lowest BCUT2D eigenvalue weighted by atomic mass is 10.1. The predicted molar refractivity (Wildman–Crippen MR) is 109 cm³/mol. The molecule has 5 nitrogen and oxygen atoms in total. The van der Waals surface area contributed by atoms with E-state index in [0.29, 0.717) is 11.3 Å². The first-order chi connectivity index (χ1) is 13.2. The molecule has 1 atom stereocenters. The Kier molecular flexibility index (Phi) is 4.42. The highest BCUT2D eigenvalue weighted by Gasteiger charge is 2.27. The van der Waals surface area contributed by atoms with Gasteiger partial charge in [0, 0.05) is 12.7 Å². The van der Waals surface area contributed by atoms with E-state index < -0.39 is 0 Å². The highest BCUT2D eigenvalue weighted by atomic mass is 16.5. The summed E-state index contributed by atoms with van der Waals surface area (Å²) in [5, 5.41) is 6.48. The second-order valence-corrected chi connectivity index (χ2v) is 6.45. The Morgan fingerprint density at radius 1 is 1.04 bits per heavy atom. The fraction of sp³-hybridized carbons (Fsp3) is 0.136. The molecule has 1 aliphatic rings. The monoisotopic (exact) mass is 359 g/mol. The van der Waals surface area contributed by atoms with Gasteiger partial charge in [-0.05, 0) is 35.9 Å². The van der Waals surface area contributed by atoms with E-state index in [2.05, 4.69) is 34.7 Å². The summed E-state index contributed by atoms with van der Waals surface area (Å²) in [6.07, 6.45) is 0.0707. The first-order valence-electron chi connectivity index (χ1n) is 8.80. The predicted octanol–water partition coefficient (Wildman–Crippen LogP) is 4.51. The molecule has 3 aromatic carbocycles. The van der Waals surface area contributed by atoms with Crippen LogP contribution in [0.5, 0.6) is 5.75 Å². The SMILES string of the molecule is COc1ccccc1C(=O)Nc1ccc2c(c1)NC(c1ccccc1)N2C. The second-order valence-electron chi connectivity index (χ2n) is 6.45. The standard InChI is InChI=1S/C22H21N3O2/c1-25-19-13-12-16(23-22(26)17-10-6-7-11-20(17)27-2)14-18(19)24-21(25)15-8-4-3-5-9-15/h3-14,21,24H,1-2H3,(H,23,26). The molecule has 0 saturated heterocycles. The van der Waals surface area contributed by atoms with Gasteiger partial charge in [0.1, 0.15) is 11.9 Å². The first kappa shape index (κ1) is 17.0. The Balaban J connectivity index is 1.56. The number of methoxy groups -OCH3 is 1. The number of benzene rings is 3. The summed E-state index contributed by atoms with van der Waals surface area (Å²) in [6.45, 7) is 0. The maximum atomic E-state index is 12.6. The highest BCUT2D eigenvalue weighted by molar-refractivity contribution is 6.06. The largest absolute Gasteiger partial charge is 0.496 e. The quantitative estimate of drug-likeness (QED) is 0.720. The van der Waals surface area contributed by atoms with Crippen LogP contribution in [0.3, 0.4) is 0 Å². The van der Waals surface area contributed by atoms with E-state index in [4.69, 9.17) is 4.74 Å². The summed E-state index contributed by atoms with van der Waals surface area (Å²) in [4.78, 5) is 14.8. The van der Waals surface area contributed by atoms with Gasteiger partial charge in [-0.1, -0.05) is 42.5 Å². The minimum Gasteiger partial charge on any atom is -0.496 e. The molecule has 136 valence electrons. The molecule has 0 aliphatic carbocycles. The molecule has 3 aromatic rings. The van der Waals surface area contributed by atoms with Gasteiger partial charge in [0.05, 0.1) is 24.0 Å².